The number of thioether (sulfide) groups is 1. The second-order valence-electron chi connectivity index (χ2n) is 4.33. The van der Waals surface area contributed by atoms with Gasteiger partial charge in [0.15, 0.2) is 5.65 Å². The molecule has 2 aromatic heterocycles. The van der Waals surface area contributed by atoms with Gasteiger partial charge in [0.25, 0.3) is 0 Å². The van der Waals surface area contributed by atoms with Gasteiger partial charge in [0, 0.05) is 10.5 Å². The van der Waals surface area contributed by atoms with Gasteiger partial charge in [-0.3, -0.25) is 0 Å². The second-order valence-corrected chi connectivity index (χ2v) is 5.64. The van der Waals surface area contributed by atoms with Gasteiger partial charge >= 0.3 is 0 Å². The van der Waals surface area contributed by atoms with Crippen molar-refractivity contribution >= 4 is 17.4 Å². The summed E-state index contributed by atoms with van der Waals surface area (Å²) in [6, 6.07) is 12.4. The Kier molecular flexibility index (Phi) is 3.25. The van der Waals surface area contributed by atoms with E-state index >= 15 is 0 Å². The van der Waals surface area contributed by atoms with E-state index in [1.807, 2.05) is 41.5 Å². The number of aryl methyl sites for hydroxylation is 1. The lowest BCUT2D eigenvalue weighted by atomic mass is 10.1. The van der Waals surface area contributed by atoms with E-state index < -0.39 is 0 Å². The van der Waals surface area contributed by atoms with E-state index in [2.05, 4.69) is 41.3 Å². The molecule has 0 saturated heterocycles. The molecule has 3 rings (SSSR count). The summed E-state index contributed by atoms with van der Waals surface area (Å²) in [5.74, 6) is 1.06. The van der Waals surface area contributed by atoms with Crippen LogP contribution in [0.1, 0.15) is 12.6 Å². The molecule has 3 aromatic rings. The molecule has 0 atom stereocenters. The Morgan fingerprint density at radius 2 is 2.00 bits per heavy atom. The van der Waals surface area contributed by atoms with Crippen LogP contribution in [0.2, 0.25) is 0 Å². The molecule has 0 spiro atoms. The van der Waals surface area contributed by atoms with Gasteiger partial charge in [-0.15, -0.1) is 11.8 Å². The molecule has 0 unspecified atom stereocenters. The second kappa shape index (κ2) is 5.05. The molecule has 0 aliphatic carbocycles. The average Bonchev–Trinajstić information content (AvgIpc) is 2.79. The predicted molar refractivity (Wildman–Crippen MR) is 79.6 cm³/mol. The summed E-state index contributed by atoms with van der Waals surface area (Å²) in [6.07, 6.45) is 1.95. The lowest BCUT2D eigenvalue weighted by molar-refractivity contribution is 0.938. The Balaban J connectivity index is 2.13. The van der Waals surface area contributed by atoms with E-state index in [-0.39, 0.29) is 0 Å². The first-order valence-corrected chi connectivity index (χ1v) is 7.31. The molecule has 3 nitrogen and oxygen atoms in total. The monoisotopic (exact) mass is 269 g/mol. The van der Waals surface area contributed by atoms with Crippen LogP contribution in [-0.2, 0) is 0 Å². The van der Waals surface area contributed by atoms with Crippen molar-refractivity contribution in [3.05, 3.63) is 48.3 Å². The molecule has 4 heteroatoms. The zero-order valence-electron chi connectivity index (χ0n) is 11.0. The number of fused-ring (bicyclic) bond motifs is 1. The molecule has 0 bridgehead atoms. The molecule has 19 heavy (non-hydrogen) atoms. The van der Waals surface area contributed by atoms with Gasteiger partial charge in [-0.05, 0) is 30.9 Å². The minimum atomic E-state index is 0.891. The highest BCUT2D eigenvalue weighted by Gasteiger charge is 2.07. The van der Waals surface area contributed by atoms with Crippen molar-refractivity contribution in [3.63, 3.8) is 0 Å². The molecule has 1 aromatic carbocycles. The molecule has 2 heterocycles. The van der Waals surface area contributed by atoms with E-state index in [0.717, 1.165) is 22.8 Å². The van der Waals surface area contributed by atoms with Gasteiger partial charge in [0.2, 0.25) is 0 Å². The quantitative estimate of drug-likeness (QED) is 0.677. The maximum atomic E-state index is 4.65. The Morgan fingerprint density at radius 3 is 2.84 bits per heavy atom. The number of hydrogen-bond acceptors (Lipinski definition) is 3. The topological polar surface area (TPSA) is 30.2 Å². The number of rotatable bonds is 3. The molecular weight excluding hydrogens is 254 g/mol. The largest absolute Gasteiger partial charge is 0.232 e. The van der Waals surface area contributed by atoms with Crippen molar-refractivity contribution in [2.75, 3.05) is 5.75 Å². The molecule has 0 amide bonds. The summed E-state index contributed by atoms with van der Waals surface area (Å²) < 4.78 is 1.85. The van der Waals surface area contributed by atoms with Crippen molar-refractivity contribution in [1.29, 1.82) is 0 Å². The van der Waals surface area contributed by atoms with Crippen LogP contribution in [0.3, 0.4) is 0 Å². The van der Waals surface area contributed by atoms with E-state index in [0.29, 0.717) is 0 Å². The minimum absolute atomic E-state index is 0.891. The van der Waals surface area contributed by atoms with E-state index in [9.17, 15) is 0 Å². The highest BCUT2D eigenvalue weighted by Crippen LogP contribution is 2.29. The molecule has 96 valence electrons. The third-order valence-electron chi connectivity index (χ3n) is 2.90. The van der Waals surface area contributed by atoms with E-state index in [1.165, 1.54) is 10.5 Å². The minimum Gasteiger partial charge on any atom is -0.232 e. The summed E-state index contributed by atoms with van der Waals surface area (Å²) in [5.41, 5.74) is 4.05. The number of hydrogen-bond donors (Lipinski definition) is 0. The van der Waals surface area contributed by atoms with Crippen LogP contribution in [0.5, 0.6) is 0 Å². The maximum absolute atomic E-state index is 4.65. The van der Waals surface area contributed by atoms with Crippen molar-refractivity contribution in [3.8, 4) is 11.3 Å². The fourth-order valence-corrected chi connectivity index (χ4v) is 2.92. The first-order valence-electron chi connectivity index (χ1n) is 6.33. The zero-order chi connectivity index (χ0) is 13.2. The molecule has 0 aliphatic heterocycles. The van der Waals surface area contributed by atoms with Gasteiger partial charge in [-0.1, -0.05) is 25.1 Å². The SMILES string of the molecule is CCSc1ccccc1-c1ccc2nc(C)cn2n1. The van der Waals surface area contributed by atoms with Crippen molar-refractivity contribution < 1.29 is 0 Å². The normalized spacial score (nSPS) is 11.1. The molecule has 0 aliphatic rings. The van der Waals surface area contributed by atoms with E-state index in [4.69, 9.17) is 0 Å². The fourth-order valence-electron chi connectivity index (χ4n) is 2.10. The predicted octanol–water partition coefficient (Wildman–Crippen LogP) is 3.82. The summed E-state index contributed by atoms with van der Waals surface area (Å²) >= 11 is 1.84. The van der Waals surface area contributed by atoms with E-state index in [1.54, 1.807) is 0 Å². The van der Waals surface area contributed by atoms with Crippen molar-refractivity contribution in [1.82, 2.24) is 14.6 Å². The van der Waals surface area contributed by atoms with Crippen LogP contribution in [0.25, 0.3) is 16.9 Å². The molecular formula is C15H15N3S. The van der Waals surface area contributed by atoms with Crippen LogP contribution in [0.4, 0.5) is 0 Å². The number of benzene rings is 1. The van der Waals surface area contributed by atoms with Crippen LogP contribution in [0.15, 0.2) is 47.5 Å². The number of imidazole rings is 1. The summed E-state index contributed by atoms with van der Waals surface area (Å²) in [4.78, 5) is 5.67. The maximum Gasteiger partial charge on any atom is 0.153 e. The van der Waals surface area contributed by atoms with Gasteiger partial charge in [-0.2, -0.15) is 5.10 Å². The summed E-state index contributed by atoms with van der Waals surface area (Å²) in [5, 5.41) is 4.65. The standard InChI is InChI=1S/C15H15N3S/c1-3-19-14-7-5-4-6-12(14)13-8-9-15-16-11(2)10-18(15)17-13/h4-10H,3H2,1-2H3. The van der Waals surface area contributed by atoms with Crippen LogP contribution < -0.4 is 0 Å². The van der Waals surface area contributed by atoms with Crippen LogP contribution in [0, 0.1) is 6.92 Å². The van der Waals surface area contributed by atoms with Crippen molar-refractivity contribution in [2.24, 2.45) is 0 Å². The Labute approximate surface area is 116 Å². The summed E-state index contributed by atoms with van der Waals surface area (Å²) in [7, 11) is 0. The van der Waals surface area contributed by atoms with Gasteiger partial charge < -0.3 is 0 Å². The highest BCUT2D eigenvalue weighted by molar-refractivity contribution is 7.99. The molecule has 0 saturated carbocycles. The van der Waals surface area contributed by atoms with Crippen LogP contribution in [-0.4, -0.2) is 20.4 Å². The summed E-state index contributed by atoms with van der Waals surface area (Å²) in [6.45, 7) is 4.15. The molecule has 0 fully saturated rings. The highest BCUT2D eigenvalue weighted by atomic mass is 32.2. The Morgan fingerprint density at radius 1 is 1.16 bits per heavy atom. The molecule has 0 radical (unpaired) electrons. The van der Waals surface area contributed by atoms with Gasteiger partial charge in [0.1, 0.15) is 0 Å². The third-order valence-corrected chi connectivity index (χ3v) is 3.86. The zero-order valence-corrected chi connectivity index (χ0v) is 11.8. The number of nitrogens with zero attached hydrogens (tertiary/aromatic N) is 3. The lowest BCUT2D eigenvalue weighted by Crippen LogP contribution is -1.94. The molecule has 0 N–H and O–H groups in total. The van der Waals surface area contributed by atoms with Gasteiger partial charge in [0.05, 0.1) is 17.6 Å². The Hall–Kier alpha value is -1.81. The average molecular weight is 269 g/mol. The first-order chi connectivity index (χ1) is 9.28. The van der Waals surface area contributed by atoms with Gasteiger partial charge in [-0.25, -0.2) is 9.50 Å². The first kappa shape index (κ1) is 12.2. The smallest absolute Gasteiger partial charge is 0.153 e. The number of aromatic nitrogens is 3. The van der Waals surface area contributed by atoms with Crippen molar-refractivity contribution in [2.45, 2.75) is 18.7 Å². The lowest BCUT2D eigenvalue weighted by Gasteiger charge is -2.07. The fraction of sp³-hybridized carbons (Fsp3) is 0.200. The Bertz CT molecular complexity index is 718. The van der Waals surface area contributed by atoms with Crippen LogP contribution >= 0.6 is 11.8 Å². The third kappa shape index (κ3) is 2.36.